The molecule has 1 unspecified atom stereocenters. The van der Waals surface area contributed by atoms with Crippen LogP contribution in [0, 0.1) is 0 Å². The highest BCUT2D eigenvalue weighted by molar-refractivity contribution is 8.02. The lowest BCUT2D eigenvalue weighted by molar-refractivity contribution is 0.0935. The van der Waals surface area contributed by atoms with Crippen molar-refractivity contribution in [1.29, 1.82) is 0 Å². The normalized spacial score (nSPS) is 25.2. The molecule has 1 aliphatic heterocycles. The summed E-state index contributed by atoms with van der Waals surface area (Å²) in [6.07, 6.45) is 1.78. The van der Waals surface area contributed by atoms with Gasteiger partial charge >= 0.3 is 0 Å². The molecule has 0 amide bonds. The van der Waals surface area contributed by atoms with Gasteiger partial charge in [0.25, 0.3) is 0 Å². The van der Waals surface area contributed by atoms with Gasteiger partial charge in [-0.3, -0.25) is 4.79 Å². The third-order valence-electron chi connectivity index (χ3n) is 2.24. The van der Waals surface area contributed by atoms with Gasteiger partial charge in [0.15, 0.2) is 5.78 Å². The van der Waals surface area contributed by atoms with Crippen molar-refractivity contribution in [3.05, 3.63) is 47.4 Å². The van der Waals surface area contributed by atoms with Crippen LogP contribution >= 0.6 is 11.8 Å². The molecule has 1 aliphatic rings. The lowest BCUT2D eigenvalue weighted by Gasteiger charge is -2.19. The summed E-state index contributed by atoms with van der Waals surface area (Å²) < 4.78 is 0. The van der Waals surface area contributed by atoms with Crippen LogP contribution in [-0.2, 0) is 0 Å². The maximum absolute atomic E-state index is 12.0. The fourth-order valence-electron chi connectivity index (χ4n) is 1.40. The second-order valence-electron chi connectivity index (χ2n) is 3.35. The first-order valence-electron chi connectivity index (χ1n) is 4.40. The zero-order valence-corrected chi connectivity index (χ0v) is 8.46. The number of hydrogen-bond acceptors (Lipinski definition) is 3. The fourth-order valence-corrected chi connectivity index (χ4v) is 2.34. The molecule has 0 fully saturated rings. The van der Waals surface area contributed by atoms with Crippen LogP contribution in [0.2, 0.25) is 0 Å². The van der Waals surface area contributed by atoms with Crippen LogP contribution in [0.25, 0.3) is 0 Å². The van der Waals surface area contributed by atoms with E-state index in [-0.39, 0.29) is 5.78 Å². The van der Waals surface area contributed by atoms with Crippen LogP contribution in [0.3, 0.4) is 0 Å². The Labute approximate surface area is 87.2 Å². The van der Waals surface area contributed by atoms with Crippen LogP contribution in [0.4, 0.5) is 0 Å². The summed E-state index contributed by atoms with van der Waals surface area (Å²) in [4.78, 5) is 12.0. The van der Waals surface area contributed by atoms with Crippen molar-refractivity contribution < 1.29 is 4.79 Å². The largest absolute Gasteiger partial charge is 0.315 e. The Morgan fingerprint density at radius 2 is 2.07 bits per heavy atom. The van der Waals surface area contributed by atoms with Crippen LogP contribution in [-0.4, -0.2) is 17.1 Å². The Balaban J connectivity index is 2.29. The van der Waals surface area contributed by atoms with E-state index < -0.39 is 5.54 Å². The molecule has 72 valence electrons. The van der Waals surface area contributed by atoms with Crippen molar-refractivity contribution in [2.75, 3.05) is 5.75 Å². The number of hydrogen-bond donors (Lipinski definition) is 1. The van der Waals surface area contributed by atoms with Gasteiger partial charge in [0.1, 0.15) is 5.54 Å². The zero-order chi connectivity index (χ0) is 10.0. The molecule has 2 rings (SSSR count). The highest BCUT2D eigenvalue weighted by atomic mass is 32.2. The Hall–Kier alpha value is -1.06. The van der Waals surface area contributed by atoms with E-state index in [1.54, 1.807) is 30.0 Å². The Morgan fingerprint density at radius 3 is 2.64 bits per heavy atom. The molecule has 0 bridgehead atoms. The molecule has 0 spiro atoms. The molecule has 0 aliphatic carbocycles. The van der Waals surface area contributed by atoms with E-state index in [2.05, 4.69) is 0 Å². The number of nitrogens with two attached hydrogens (primary N) is 1. The SMILES string of the molecule is NC1(C(=O)c2ccccc2)C=CSC1. The van der Waals surface area contributed by atoms with Crippen LogP contribution in [0.1, 0.15) is 10.4 Å². The fraction of sp³-hybridized carbons (Fsp3) is 0.182. The molecule has 14 heavy (non-hydrogen) atoms. The Morgan fingerprint density at radius 1 is 1.36 bits per heavy atom. The van der Waals surface area contributed by atoms with E-state index >= 15 is 0 Å². The standard InChI is InChI=1S/C11H11NOS/c12-11(6-7-14-8-11)10(13)9-4-2-1-3-5-9/h1-7H,8,12H2. The number of benzene rings is 1. The van der Waals surface area contributed by atoms with Gasteiger partial charge in [-0.25, -0.2) is 0 Å². The molecular weight excluding hydrogens is 194 g/mol. The van der Waals surface area contributed by atoms with Crippen LogP contribution < -0.4 is 5.73 Å². The van der Waals surface area contributed by atoms with Gasteiger partial charge in [-0.2, -0.15) is 0 Å². The quantitative estimate of drug-likeness (QED) is 0.749. The summed E-state index contributed by atoms with van der Waals surface area (Å²) in [6, 6.07) is 9.19. The van der Waals surface area contributed by atoms with E-state index in [0.717, 1.165) is 0 Å². The summed E-state index contributed by atoms with van der Waals surface area (Å²) in [5.74, 6) is 0.639. The van der Waals surface area contributed by atoms with Crippen molar-refractivity contribution in [2.45, 2.75) is 5.54 Å². The zero-order valence-electron chi connectivity index (χ0n) is 7.64. The second kappa shape index (κ2) is 3.59. The highest BCUT2D eigenvalue weighted by Crippen LogP contribution is 2.25. The van der Waals surface area contributed by atoms with Gasteiger partial charge in [-0.05, 0) is 11.5 Å². The van der Waals surface area contributed by atoms with Gasteiger partial charge < -0.3 is 5.73 Å². The van der Waals surface area contributed by atoms with Crippen molar-refractivity contribution in [2.24, 2.45) is 5.73 Å². The molecule has 2 N–H and O–H groups in total. The Bertz CT molecular complexity index is 374. The van der Waals surface area contributed by atoms with Crippen LogP contribution in [0.5, 0.6) is 0 Å². The molecule has 0 saturated heterocycles. The minimum absolute atomic E-state index is 0.000602. The lowest BCUT2D eigenvalue weighted by atomic mass is 9.92. The van der Waals surface area contributed by atoms with E-state index in [4.69, 9.17) is 5.73 Å². The average Bonchev–Trinajstić information content (AvgIpc) is 2.67. The first-order valence-corrected chi connectivity index (χ1v) is 5.45. The molecule has 1 aromatic carbocycles. The summed E-state index contributed by atoms with van der Waals surface area (Å²) >= 11 is 1.58. The number of carbonyl (C=O) groups is 1. The summed E-state index contributed by atoms with van der Waals surface area (Å²) in [7, 11) is 0. The van der Waals surface area contributed by atoms with E-state index in [1.807, 2.05) is 23.6 Å². The highest BCUT2D eigenvalue weighted by Gasteiger charge is 2.34. The van der Waals surface area contributed by atoms with Crippen molar-refractivity contribution in [1.82, 2.24) is 0 Å². The average molecular weight is 205 g/mol. The van der Waals surface area contributed by atoms with Gasteiger partial charge in [0.05, 0.1) is 0 Å². The molecule has 0 saturated carbocycles. The third-order valence-corrected chi connectivity index (χ3v) is 3.22. The van der Waals surface area contributed by atoms with Crippen LogP contribution in [0.15, 0.2) is 41.8 Å². The Kier molecular flexibility index (Phi) is 2.44. The lowest BCUT2D eigenvalue weighted by Crippen LogP contribution is -2.46. The number of rotatable bonds is 2. The summed E-state index contributed by atoms with van der Waals surface area (Å²) in [5, 5.41) is 1.89. The maximum atomic E-state index is 12.0. The van der Waals surface area contributed by atoms with Gasteiger partial charge in [-0.1, -0.05) is 30.3 Å². The first kappa shape index (κ1) is 9.49. The number of thioether (sulfide) groups is 1. The number of ketones is 1. The van der Waals surface area contributed by atoms with Gasteiger partial charge in [0, 0.05) is 11.3 Å². The molecule has 0 radical (unpaired) electrons. The topological polar surface area (TPSA) is 43.1 Å². The maximum Gasteiger partial charge on any atom is 0.187 e. The van der Waals surface area contributed by atoms with E-state index in [9.17, 15) is 4.79 Å². The van der Waals surface area contributed by atoms with Crippen molar-refractivity contribution >= 4 is 17.5 Å². The monoisotopic (exact) mass is 205 g/mol. The third kappa shape index (κ3) is 1.61. The predicted molar refractivity (Wildman–Crippen MR) is 59.3 cm³/mol. The van der Waals surface area contributed by atoms with Crippen molar-refractivity contribution in [3.63, 3.8) is 0 Å². The molecule has 0 aromatic heterocycles. The number of Topliss-reactive ketones (excluding diaryl/α,β-unsaturated/α-hetero) is 1. The van der Waals surface area contributed by atoms with Gasteiger partial charge in [0.2, 0.25) is 0 Å². The molecule has 1 aromatic rings. The predicted octanol–water partition coefficient (Wildman–Crippen LogP) is 1.83. The first-order chi connectivity index (χ1) is 6.72. The minimum Gasteiger partial charge on any atom is -0.315 e. The molecule has 3 heteroatoms. The molecule has 1 heterocycles. The minimum atomic E-state index is -0.800. The molecule has 1 atom stereocenters. The van der Waals surface area contributed by atoms with E-state index in [0.29, 0.717) is 11.3 Å². The summed E-state index contributed by atoms with van der Waals surface area (Å²) in [5.41, 5.74) is 5.86. The summed E-state index contributed by atoms with van der Waals surface area (Å²) in [6.45, 7) is 0. The molecule has 2 nitrogen and oxygen atoms in total. The second-order valence-corrected chi connectivity index (χ2v) is 4.24. The number of carbonyl (C=O) groups excluding carboxylic acids is 1. The smallest absolute Gasteiger partial charge is 0.187 e. The van der Waals surface area contributed by atoms with E-state index in [1.165, 1.54) is 0 Å². The van der Waals surface area contributed by atoms with Crippen molar-refractivity contribution in [3.8, 4) is 0 Å². The van der Waals surface area contributed by atoms with Gasteiger partial charge in [-0.15, -0.1) is 11.8 Å². The molecular formula is C11H11NOS.